The van der Waals surface area contributed by atoms with Crippen molar-refractivity contribution < 1.29 is 14.3 Å². The zero-order valence-electron chi connectivity index (χ0n) is 14.6. The van der Waals surface area contributed by atoms with E-state index in [0.29, 0.717) is 38.3 Å². The summed E-state index contributed by atoms with van der Waals surface area (Å²) in [5.41, 5.74) is 1.13. The molecule has 2 heterocycles. The molecule has 26 heavy (non-hydrogen) atoms. The van der Waals surface area contributed by atoms with Crippen LogP contribution in [0.5, 0.6) is 0 Å². The summed E-state index contributed by atoms with van der Waals surface area (Å²) >= 11 is 0. The van der Waals surface area contributed by atoms with Crippen molar-refractivity contribution in [3.05, 3.63) is 58.5 Å². The Kier molecular flexibility index (Phi) is 5.36. The van der Waals surface area contributed by atoms with Crippen molar-refractivity contribution in [2.75, 3.05) is 32.8 Å². The van der Waals surface area contributed by atoms with Crippen molar-refractivity contribution in [2.45, 2.75) is 6.92 Å². The molecule has 1 aliphatic heterocycles. The van der Waals surface area contributed by atoms with Crippen LogP contribution in [0.2, 0.25) is 0 Å². The SMILES string of the molecule is CCOC(=O)N1CCN(C(=O)c2c(-c3ccccc3)cc[nH]c2=O)CC1. The first kappa shape index (κ1) is 17.7. The number of pyridine rings is 1. The Morgan fingerprint density at radius 2 is 1.69 bits per heavy atom. The maximum absolute atomic E-state index is 13.0. The number of H-pyrrole nitrogens is 1. The molecule has 136 valence electrons. The third kappa shape index (κ3) is 3.61. The van der Waals surface area contributed by atoms with Crippen molar-refractivity contribution in [1.82, 2.24) is 14.8 Å². The van der Waals surface area contributed by atoms with Crippen LogP contribution in [0.25, 0.3) is 11.1 Å². The van der Waals surface area contributed by atoms with Crippen LogP contribution in [-0.4, -0.2) is 59.6 Å². The van der Waals surface area contributed by atoms with E-state index < -0.39 is 5.56 Å². The summed E-state index contributed by atoms with van der Waals surface area (Å²) in [6.45, 7) is 3.56. The first-order valence-electron chi connectivity index (χ1n) is 8.60. The predicted molar refractivity (Wildman–Crippen MR) is 97.0 cm³/mol. The number of hydrogen-bond donors (Lipinski definition) is 1. The van der Waals surface area contributed by atoms with Crippen molar-refractivity contribution in [3.8, 4) is 11.1 Å². The van der Waals surface area contributed by atoms with Crippen LogP contribution in [0, 0.1) is 0 Å². The number of aromatic nitrogens is 1. The van der Waals surface area contributed by atoms with E-state index in [1.165, 1.54) is 0 Å². The summed E-state index contributed by atoms with van der Waals surface area (Å²) in [6.07, 6.45) is 1.17. The Morgan fingerprint density at radius 1 is 1.04 bits per heavy atom. The van der Waals surface area contributed by atoms with Gasteiger partial charge < -0.3 is 19.5 Å². The molecule has 1 saturated heterocycles. The van der Waals surface area contributed by atoms with Gasteiger partial charge in [0.05, 0.1) is 6.61 Å². The van der Waals surface area contributed by atoms with Gasteiger partial charge >= 0.3 is 6.09 Å². The summed E-state index contributed by atoms with van der Waals surface area (Å²) in [5, 5.41) is 0. The van der Waals surface area contributed by atoms with Gasteiger partial charge in [0.2, 0.25) is 0 Å². The van der Waals surface area contributed by atoms with Gasteiger partial charge in [-0.3, -0.25) is 9.59 Å². The van der Waals surface area contributed by atoms with Gasteiger partial charge in [0.25, 0.3) is 11.5 Å². The topological polar surface area (TPSA) is 82.7 Å². The minimum atomic E-state index is -0.413. The summed E-state index contributed by atoms with van der Waals surface area (Å²) in [7, 11) is 0. The van der Waals surface area contributed by atoms with Crippen molar-refractivity contribution in [2.24, 2.45) is 0 Å². The van der Waals surface area contributed by atoms with Crippen molar-refractivity contribution >= 4 is 12.0 Å². The number of carbonyl (C=O) groups is 2. The largest absolute Gasteiger partial charge is 0.450 e. The van der Waals surface area contributed by atoms with Crippen LogP contribution < -0.4 is 5.56 Å². The standard InChI is InChI=1S/C19H21N3O4/c1-2-26-19(25)22-12-10-21(11-13-22)18(24)16-15(8-9-20-17(16)23)14-6-4-3-5-7-14/h3-9H,2,10-13H2,1H3,(H,20,23). The maximum Gasteiger partial charge on any atom is 0.409 e. The highest BCUT2D eigenvalue weighted by molar-refractivity contribution is 6.00. The molecule has 0 unspecified atom stereocenters. The molecule has 2 amide bonds. The summed E-state index contributed by atoms with van der Waals surface area (Å²) in [4.78, 5) is 42.9. The first-order chi connectivity index (χ1) is 12.6. The van der Waals surface area contributed by atoms with Gasteiger partial charge in [0.15, 0.2) is 0 Å². The second-order valence-electron chi connectivity index (χ2n) is 5.94. The van der Waals surface area contributed by atoms with E-state index in [4.69, 9.17) is 4.74 Å². The molecule has 0 bridgehead atoms. The number of aromatic amines is 1. The molecule has 7 nitrogen and oxygen atoms in total. The Labute approximate surface area is 151 Å². The van der Waals surface area contributed by atoms with Crippen molar-refractivity contribution in [3.63, 3.8) is 0 Å². The maximum atomic E-state index is 13.0. The molecule has 1 aliphatic rings. The van der Waals surface area contributed by atoms with Gasteiger partial charge in [-0.05, 0) is 18.6 Å². The minimum absolute atomic E-state index is 0.128. The molecule has 3 rings (SSSR count). The summed E-state index contributed by atoms with van der Waals surface area (Å²) < 4.78 is 4.99. The fourth-order valence-electron chi connectivity index (χ4n) is 3.01. The lowest BCUT2D eigenvalue weighted by atomic mass is 10.0. The number of carbonyl (C=O) groups excluding carboxylic acids is 2. The zero-order chi connectivity index (χ0) is 18.5. The van der Waals surface area contributed by atoms with Gasteiger partial charge in [0, 0.05) is 37.9 Å². The molecule has 2 aromatic rings. The first-order valence-corrected chi connectivity index (χ1v) is 8.60. The molecular weight excluding hydrogens is 334 g/mol. The van der Waals surface area contributed by atoms with E-state index in [1.807, 2.05) is 30.3 Å². The Hall–Kier alpha value is -3.09. The number of ether oxygens (including phenoxy) is 1. The average molecular weight is 355 g/mol. The molecule has 1 aromatic heterocycles. The normalized spacial score (nSPS) is 14.2. The number of benzene rings is 1. The quantitative estimate of drug-likeness (QED) is 0.912. The Morgan fingerprint density at radius 3 is 2.35 bits per heavy atom. The van der Waals surface area contributed by atoms with Crippen LogP contribution in [0.1, 0.15) is 17.3 Å². The van der Waals surface area contributed by atoms with Gasteiger partial charge in [-0.25, -0.2) is 4.79 Å². The predicted octanol–water partition coefficient (Wildman–Crippen LogP) is 1.96. The van der Waals surface area contributed by atoms with Crippen LogP contribution in [0.4, 0.5) is 4.79 Å². The number of nitrogens with one attached hydrogen (secondary N) is 1. The van der Waals surface area contributed by atoms with E-state index in [0.717, 1.165) is 5.56 Å². The molecular formula is C19H21N3O4. The second kappa shape index (κ2) is 7.86. The Bertz CT molecular complexity index is 839. The zero-order valence-corrected chi connectivity index (χ0v) is 14.6. The molecule has 7 heteroatoms. The van der Waals surface area contributed by atoms with Crippen molar-refractivity contribution in [1.29, 1.82) is 0 Å². The fraction of sp³-hybridized carbons (Fsp3) is 0.316. The molecule has 0 saturated carbocycles. The lowest BCUT2D eigenvalue weighted by Crippen LogP contribution is -2.51. The summed E-state index contributed by atoms with van der Waals surface area (Å²) in [6, 6.07) is 11.1. The minimum Gasteiger partial charge on any atom is -0.450 e. The summed E-state index contributed by atoms with van der Waals surface area (Å²) in [5.74, 6) is -0.325. The molecule has 0 aliphatic carbocycles. The highest BCUT2D eigenvalue weighted by Gasteiger charge is 2.28. The molecule has 1 aromatic carbocycles. The monoisotopic (exact) mass is 355 g/mol. The molecule has 0 radical (unpaired) electrons. The third-order valence-electron chi connectivity index (χ3n) is 4.35. The average Bonchev–Trinajstić information content (AvgIpc) is 2.68. The molecule has 0 spiro atoms. The lowest BCUT2D eigenvalue weighted by Gasteiger charge is -2.34. The lowest BCUT2D eigenvalue weighted by molar-refractivity contribution is 0.0569. The Balaban J connectivity index is 1.81. The van der Waals surface area contributed by atoms with Gasteiger partial charge in [-0.15, -0.1) is 0 Å². The van der Waals surface area contributed by atoms with Gasteiger partial charge in [0.1, 0.15) is 5.56 Å². The van der Waals surface area contributed by atoms with Crippen LogP contribution in [-0.2, 0) is 4.74 Å². The smallest absolute Gasteiger partial charge is 0.409 e. The molecule has 0 atom stereocenters. The number of hydrogen-bond acceptors (Lipinski definition) is 4. The van der Waals surface area contributed by atoms with E-state index in [1.54, 1.807) is 29.0 Å². The van der Waals surface area contributed by atoms with Gasteiger partial charge in [-0.1, -0.05) is 30.3 Å². The van der Waals surface area contributed by atoms with E-state index in [9.17, 15) is 14.4 Å². The second-order valence-corrected chi connectivity index (χ2v) is 5.94. The van der Waals surface area contributed by atoms with E-state index >= 15 is 0 Å². The molecule has 1 N–H and O–H groups in total. The number of amides is 2. The van der Waals surface area contributed by atoms with Gasteiger partial charge in [-0.2, -0.15) is 0 Å². The highest BCUT2D eigenvalue weighted by Crippen LogP contribution is 2.22. The van der Waals surface area contributed by atoms with Crippen LogP contribution in [0.15, 0.2) is 47.4 Å². The highest BCUT2D eigenvalue weighted by atomic mass is 16.6. The molecule has 1 fully saturated rings. The third-order valence-corrected chi connectivity index (χ3v) is 4.35. The number of piperazine rings is 1. The number of rotatable bonds is 3. The van der Waals surface area contributed by atoms with E-state index in [2.05, 4.69) is 4.98 Å². The van der Waals surface area contributed by atoms with Crippen LogP contribution in [0.3, 0.4) is 0 Å². The van der Waals surface area contributed by atoms with Crippen LogP contribution >= 0.6 is 0 Å². The fourth-order valence-corrected chi connectivity index (χ4v) is 3.01. The van der Waals surface area contributed by atoms with E-state index in [-0.39, 0.29) is 17.6 Å². The number of nitrogens with zero attached hydrogens (tertiary/aromatic N) is 2.